The van der Waals surface area contributed by atoms with Gasteiger partial charge in [-0.3, -0.25) is 0 Å². The van der Waals surface area contributed by atoms with E-state index in [1.54, 1.807) is 12.1 Å². The van der Waals surface area contributed by atoms with Crippen molar-refractivity contribution in [3.63, 3.8) is 0 Å². The molecule has 1 rings (SSSR count). The zero-order chi connectivity index (χ0) is 9.14. The average Bonchev–Trinajstić information content (AvgIpc) is 1.94. The molecule has 0 fully saturated rings. The molecule has 1 aromatic rings. The molecule has 1 aromatic carbocycles. The van der Waals surface area contributed by atoms with Gasteiger partial charge in [-0.1, -0.05) is 6.07 Å². The Morgan fingerprint density at radius 1 is 1.50 bits per heavy atom. The van der Waals surface area contributed by atoms with Gasteiger partial charge in [0, 0.05) is 11.7 Å². The Morgan fingerprint density at radius 2 is 2.17 bits per heavy atom. The minimum atomic E-state index is -0.271. The highest BCUT2D eigenvalue weighted by atomic mass is 19.1. The summed E-state index contributed by atoms with van der Waals surface area (Å²) < 4.78 is 13.1. The van der Waals surface area contributed by atoms with Gasteiger partial charge < -0.3 is 11.5 Å². The van der Waals surface area contributed by atoms with Crippen molar-refractivity contribution in [1.82, 2.24) is 0 Å². The molecule has 0 spiro atoms. The molecule has 0 aliphatic heterocycles. The van der Waals surface area contributed by atoms with Crippen LogP contribution in [0.15, 0.2) is 18.2 Å². The summed E-state index contributed by atoms with van der Waals surface area (Å²) in [6, 6.07) is 4.65. The number of halogens is 1. The first-order valence-corrected chi connectivity index (χ1v) is 3.89. The lowest BCUT2D eigenvalue weighted by Gasteiger charge is -2.06. The number of benzene rings is 1. The predicted molar refractivity (Wildman–Crippen MR) is 48.2 cm³/mol. The Morgan fingerprint density at radius 3 is 2.67 bits per heavy atom. The Balaban J connectivity index is 2.86. The minimum absolute atomic E-state index is 0.0249. The van der Waals surface area contributed by atoms with E-state index in [2.05, 4.69) is 0 Å². The molecule has 0 aromatic heterocycles. The molecular formula is C9H13FN2. The Bertz CT molecular complexity index is 271. The van der Waals surface area contributed by atoms with Crippen LogP contribution >= 0.6 is 0 Å². The summed E-state index contributed by atoms with van der Waals surface area (Å²) in [5, 5.41) is 0. The molecule has 0 radical (unpaired) electrons. The van der Waals surface area contributed by atoms with Crippen LogP contribution in [0.4, 0.5) is 10.1 Å². The van der Waals surface area contributed by atoms with Crippen LogP contribution in [0.2, 0.25) is 0 Å². The summed E-state index contributed by atoms with van der Waals surface area (Å²) in [7, 11) is 0. The van der Waals surface area contributed by atoms with Crippen LogP contribution in [0.1, 0.15) is 12.5 Å². The maximum absolute atomic E-state index is 13.1. The standard InChI is InChI=1S/C9H13FN2/c1-6(11)4-7-2-3-8(12)5-9(7)10/h2-3,5-6H,4,11-12H2,1H3/t6-/m1/s1. The van der Waals surface area contributed by atoms with Crippen molar-refractivity contribution in [2.24, 2.45) is 5.73 Å². The predicted octanol–water partition coefficient (Wildman–Crippen LogP) is 1.30. The maximum atomic E-state index is 13.1. The molecule has 3 heteroatoms. The summed E-state index contributed by atoms with van der Waals surface area (Å²) in [6.07, 6.45) is 0.548. The summed E-state index contributed by atoms with van der Waals surface area (Å²) in [5.41, 5.74) is 12.0. The molecule has 0 bridgehead atoms. The molecule has 0 aliphatic carbocycles. The number of nitrogens with two attached hydrogens (primary N) is 2. The Labute approximate surface area is 71.4 Å². The molecule has 1 atom stereocenters. The van der Waals surface area contributed by atoms with Crippen molar-refractivity contribution < 1.29 is 4.39 Å². The number of hydrogen-bond donors (Lipinski definition) is 2. The molecule has 0 aliphatic rings. The van der Waals surface area contributed by atoms with Crippen molar-refractivity contribution in [2.45, 2.75) is 19.4 Å². The third-order valence-electron chi connectivity index (χ3n) is 1.62. The molecule has 4 N–H and O–H groups in total. The van der Waals surface area contributed by atoms with E-state index in [1.165, 1.54) is 6.07 Å². The van der Waals surface area contributed by atoms with Gasteiger partial charge in [0.15, 0.2) is 0 Å². The zero-order valence-corrected chi connectivity index (χ0v) is 7.05. The normalized spacial score (nSPS) is 12.9. The van der Waals surface area contributed by atoms with Gasteiger partial charge in [-0.25, -0.2) is 4.39 Å². The first kappa shape index (κ1) is 9.00. The van der Waals surface area contributed by atoms with E-state index in [9.17, 15) is 4.39 Å². The van der Waals surface area contributed by atoms with Crippen LogP contribution in [0.5, 0.6) is 0 Å². The monoisotopic (exact) mass is 168 g/mol. The molecule has 0 heterocycles. The number of anilines is 1. The van der Waals surface area contributed by atoms with Crippen molar-refractivity contribution in [3.8, 4) is 0 Å². The molecule has 0 unspecified atom stereocenters. The maximum Gasteiger partial charge on any atom is 0.128 e. The van der Waals surface area contributed by atoms with Crippen LogP contribution in [-0.2, 0) is 6.42 Å². The second-order valence-electron chi connectivity index (χ2n) is 3.03. The lowest BCUT2D eigenvalue weighted by atomic mass is 10.1. The fourth-order valence-electron chi connectivity index (χ4n) is 1.08. The summed E-state index contributed by atoms with van der Waals surface area (Å²) >= 11 is 0. The lowest BCUT2D eigenvalue weighted by Crippen LogP contribution is -2.18. The van der Waals surface area contributed by atoms with E-state index in [-0.39, 0.29) is 11.9 Å². The van der Waals surface area contributed by atoms with Gasteiger partial charge >= 0.3 is 0 Å². The second-order valence-corrected chi connectivity index (χ2v) is 3.03. The van der Waals surface area contributed by atoms with Crippen LogP contribution in [0.3, 0.4) is 0 Å². The molecular weight excluding hydrogens is 155 g/mol. The van der Waals surface area contributed by atoms with Gasteiger partial charge in [0.1, 0.15) is 5.82 Å². The zero-order valence-electron chi connectivity index (χ0n) is 7.05. The van der Waals surface area contributed by atoms with E-state index in [0.29, 0.717) is 17.7 Å². The van der Waals surface area contributed by atoms with Gasteiger partial charge in [0.05, 0.1) is 0 Å². The van der Waals surface area contributed by atoms with Crippen molar-refractivity contribution >= 4 is 5.69 Å². The van der Waals surface area contributed by atoms with Crippen LogP contribution in [0, 0.1) is 5.82 Å². The van der Waals surface area contributed by atoms with Crippen LogP contribution in [0.25, 0.3) is 0 Å². The number of rotatable bonds is 2. The van der Waals surface area contributed by atoms with Crippen molar-refractivity contribution in [1.29, 1.82) is 0 Å². The first-order valence-electron chi connectivity index (χ1n) is 3.89. The Hall–Kier alpha value is -1.09. The van der Waals surface area contributed by atoms with E-state index in [4.69, 9.17) is 11.5 Å². The summed E-state index contributed by atoms with van der Waals surface area (Å²) in [5.74, 6) is -0.271. The third-order valence-corrected chi connectivity index (χ3v) is 1.62. The van der Waals surface area contributed by atoms with Crippen molar-refractivity contribution in [3.05, 3.63) is 29.6 Å². The lowest BCUT2D eigenvalue weighted by molar-refractivity contribution is 0.597. The van der Waals surface area contributed by atoms with Gasteiger partial charge in [0.25, 0.3) is 0 Å². The van der Waals surface area contributed by atoms with Gasteiger partial charge in [-0.05, 0) is 31.0 Å². The highest BCUT2D eigenvalue weighted by molar-refractivity contribution is 5.40. The van der Waals surface area contributed by atoms with E-state index < -0.39 is 0 Å². The summed E-state index contributed by atoms with van der Waals surface area (Å²) in [4.78, 5) is 0. The fourth-order valence-corrected chi connectivity index (χ4v) is 1.08. The minimum Gasteiger partial charge on any atom is -0.399 e. The fraction of sp³-hybridized carbons (Fsp3) is 0.333. The van der Waals surface area contributed by atoms with Crippen molar-refractivity contribution in [2.75, 3.05) is 5.73 Å². The quantitative estimate of drug-likeness (QED) is 0.654. The summed E-state index contributed by atoms with van der Waals surface area (Å²) in [6.45, 7) is 1.84. The van der Waals surface area contributed by atoms with E-state index in [0.717, 1.165) is 0 Å². The van der Waals surface area contributed by atoms with Gasteiger partial charge in [-0.15, -0.1) is 0 Å². The van der Waals surface area contributed by atoms with Crippen LogP contribution < -0.4 is 11.5 Å². The third kappa shape index (κ3) is 2.20. The highest BCUT2D eigenvalue weighted by Crippen LogP contribution is 2.12. The molecule has 66 valence electrons. The highest BCUT2D eigenvalue weighted by Gasteiger charge is 2.04. The number of nitrogen functional groups attached to an aromatic ring is 1. The van der Waals surface area contributed by atoms with Gasteiger partial charge in [-0.2, -0.15) is 0 Å². The van der Waals surface area contributed by atoms with E-state index in [1.807, 2.05) is 6.92 Å². The molecule has 0 saturated carbocycles. The number of hydrogen-bond acceptors (Lipinski definition) is 2. The second kappa shape index (κ2) is 3.54. The topological polar surface area (TPSA) is 52.0 Å². The molecule has 0 amide bonds. The average molecular weight is 168 g/mol. The molecule has 0 saturated heterocycles. The smallest absolute Gasteiger partial charge is 0.128 e. The Kier molecular flexibility index (Phi) is 2.65. The SMILES string of the molecule is C[C@@H](N)Cc1ccc(N)cc1F. The van der Waals surface area contributed by atoms with Crippen LogP contribution in [-0.4, -0.2) is 6.04 Å². The molecule has 2 nitrogen and oxygen atoms in total. The van der Waals surface area contributed by atoms with E-state index >= 15 is 0 Å². The first-order chi connectivity index (χ1) is 5.59. The largest absolute Gasteiger partial charge is 0.399 e. The van der Waals surface area contributed by atoms with Gasteiger partial charge in [0.2, 0.25) is 0 Å². The molecule has 12 heavy (non-hydrogen) atoms.